The predicted octanol–water partition coefficient (Wildman–Crippen LogP) is 4.82. The van der Waals surface area contributed by atoms with Gasteiger partial charge in [-0.1, -0.05) is 47.5 Å². The van der Waals surface area contributed by atoms with E-state index in [2.05, 4.69) is 77.1 Å². The number of nitrogens with zero attached hydrogens (tertiary/aromatic N) is 2. The Balaban J connectivity index is 1.68. The normalized spacial score (nSPS) is 19.7. The molecule has 0 spiro atoms. The second-order valence-corrected chi connectivity index (χ2v) is 6.80. The van der Waals surface area contributed by atoms with Crippen molar-refractivity contribution in [3.05, 3.63) is 75.8 Å². The number of nitrogens with one attached hydrogen (secondary N) is 1. The third-order valence-corrected chi connectivity index (χ3v) is 4.89. The fraction of sp³-hybridized carbons (Fsp3) is 0.263. The third-order valence-electron chi connectivity index (χ3n) is 4.62. The van der Waals surface area contributed by atoms with Crippen LogP contribution in [0.3, 0.4) is 0 Å². The number of aromatic nitrogens is 3. The molecule has 4 rings (SSSR count). The molecule has 1 saturated carbocycles. The first-order valence-corrected chi connectivity index (χ1v) is 8.35. The van der Waals surface area contributed by atoms with Crippen molar-refractivity contribution in [1.29, 1.82) is 0 Å². The summed E-state index contributed by atoms with van der Waals surface area (Å²) >= 11 is 5.45. The van der Waals surface area contributed by atoms with Crippen LogP contribution in [0.2, 0.25) is 0 Å². The molecule has 1 aromatic heterocycles. The highest BCUT2D eigenvalue weighted by Gasteiger charge is 2.43. The van der Waals surface area contributed by atoms with E-state index in [0.29, 0.717) is 16.6 Å². The molecule has 2 aromatic carbocycles. The van der Waals surface area contributed by atoms with Crippen molar-refractivity contribution in [3.63, 3.8) is 0 Å². The van der Waals surface area contributed by atoms with E-state index in [0.717, 1.165) is 17.9 Å². The summed E-state index contributed by atoms with van der Waals surface area (Å²) in [7, 11) is 0. The quantitative estimate of drug-likeness (QED) is 0.702. The second kappa shape index (κ2) is 5.46. The van der Waals surface area contributed by atoms with Crippen molar-refractivity contribution in [3.8, 4) is 5.69 Å². The molecule has 1 aliphatic rings. The van der Waals surface area contributed by atoms with Crippen LogP contribution in [0.15, 0.2) is 48.5 Å². The highest BCUT2D eigenvalue weighted by Crippen LogP contribution is 2.54. The fourth-order valence-corrected chi connectivity index (χ4v) is 3.41. The molecule has 116 valence electrons. The second-order valence-electron chi connectivity index (χ2n) is 6.42. The van der Waals surface area contributed by atoms with Crippen LogP contribution in [0, 0.1) is 18.6 Å². The van der Waals surface area contributed by atoms with Crippen molar-refractivity contribution >= 4 is 12.2 Å². The highest BCUT2D eigenvalue weighted by atomic mass is 32.1. The van der Waals surface area contributed by atoms with Crippen LogP contribution in [-0.4, -0.2) is 14.8 Å². The number of benzene rings is 2. The van der Waals surface area contributed by atoms with Crippen LogP contribution in [0.4, 0.5) is 0 Å². The lowest BCUT2D eigenvalue weighted by Gasteiger charge is -2.07. The van der Waals surface area contributed by atoms with E-state index >= 15 is 0 Å². The first kappa shape index (κ1) is 14.4. The standard InChI is InChI=1S/C19H19N3S/c1-12-3-7-14(8-4-12)16-11-17(16)18-20-21-19(23)22(18)15-9-5-13(2)6-10-15/h3-10,16-17H,11H2,1-2H3,(H,21,23)/t16-,17-/m0/s1. The van der Waals surface area contributed by atoms with Gasteiger partial charge in [0.25, 0.3) is 0 Å². The van der Waals surface area contributed by atoms with E-state index in [-0.39, 0.29) is 0 Å². The number of hydrogen-bond acceptors (Lipinski definition) is 2. The molecular formula is C19H19N3S. The van der Waals surface area contributed by atoms with Gasteiger partial charge in [-0.3, -0.25) is 9.67 Å². The first-order chi connectivity index (χ1) is 11.1. The molecule has 0 radical (unpaired) electrons. The van der Waals surface area contributed by atoms with Crippen LogP contribution < -0.4 is 0 Å². The molecule has 0 amide bonds. The van der Waals surface area contributed by atoms with Crippen LogP contribution in [0.25, 0.3) is 5.69 Å². The van der Waals surface area contributed by atoms with Gasteiger partial charge in [-0.05, 0) is 56.1 Å². The van der Waals surface area contributed by atoms with Crippen molar-refractivity contribution in [1.82, 2.24) is 14.8 Å². The Morgan fingerprint density at radius 2 is 1.57 bits per heavy atom. The molecule has 23 heavy (non-hydrogen) atoms. The molecular weight excluding hydrogens is 302 g/mol. The fourth-order valence-electron chi connectivity index (χ4n) is 3.16. The molecule has 1 fully saturated rings. The summed E-state index contributed by atoms with van der Waals surface area (Å²) < 4.78 is 2.74. The summed E-state index contributed by atoms with van der Waals surface area (Å²) in [5, 5.41) is 7.48. The molecule has 1 aliphatic carbocycles. The molecule has 1 N–H and O–H groups in total. The zero-order valence-corrected chi connectivity index (χ0v) is 14.1. The van der Waals surface area contributed by atoms with Gasteiger partial charge in [0.05, 0.1) is 0 Å². The largest absolute Gasteiger partial charge is 0.272 e. The summed E-state index contributed by atoms with van der Waals surface area (Å²) in [4.78, 5) is 0. The molecule has 2 atom stereocenters. The van der Waals surface area contributed by atoms with Gasteiger partial charge in [0.15, 0.2) is 4.77 Å². The summed E-state index contributed by atoms with van der Waals surface area (Å²) in [6.45, 7) is 4.21. The average Bonchev–Trinajstić information content (AvgIpc) is 3.25. The van der Waals surface area contributed by atoms with Gasteiger partial charge in [-0.25, -0.2) is 0 Å². The molecule has 0 unspecified atom stereocenters. The molecule has 3 aromatic rings. The van der Waals surface area contributed by atoms with E-state index in [9.17, 15) is 0 Å². The number of aryl methyl sites for hydroxylation is 2. The predicted molar refractivity (Wildman–Crippen MR) is 94.8 cm³/mol. The Kier molecular flexibility index (Phi) is 3.42. The Morgan fingerprint density at radius 1 is 0.957 bits per heavy atom. The lowest BCUT2D eigenvalue weighted by molar-refractivity contribution is 0.846. The minimum atomic E-state index is 0.437. The maximum Gasteiger partial charge on any atom is 0.199 e. The topological polar surface area (TPSA) is 33.6 Å². The van der Waals surface area contributed by atoms with Crippen LogP contribution in [0.1, 0.15) is 40.8 Å². The highest BCUT2D eigenvalue weighted by molar-refractivity contribution is 7.71. The van der Waals surface area contributed by atoms with Crippen LogP contribution >= 0.6 is 12.2 Å². The zero-order valence-electron chi connectivity index (χ0n) is 13.3. The molecule has 0 aliphatic heterocycles. The van der Waals surface area contributed by atoms with Gasteiger partial charge in [0.1, 0.15) is 5.82 Å². The van der Waals surface area contributed by atoms with Gasteiger partial charge < -0.3 is 0 Å². The lowest BCUT2D eigenvalue weighted by Crippen LogP contribution is -2.01. The SMILES string of the molecule is Cc1ccc([C@@H]2C[C@@H]2c2n[nH]c(=S)n2-c2ccc(C)cc2)cc1. The van der Waals surface area contributed by atoms with Gasteiger partial charge in [0, 0.05) is 11.6 Å². The van der Waals surface area contributed by atoms with Crippen molar-refractivity contribution in [2.24, 2.45) is 0 Å². The molecule has 0 saturated heterocycles. The van der Waals surface area contributed by atoms with Gasteiger partial charge in [0.2, 0.25) is 0 Å². The Hall–Kier alpha value is -2.20. The Labute approximate surface area is 141 Å². The number of hydrogen-bond donors (Lipinski definition) is 1. The minimum absolute atomic E-state index is 0.437. The zero-order chi connectivity index (χ0) is 16.0. The van der Waals surface area contributed by atoms with Gasteiger partial charge in [-0.15, -0.1) is 0 Å². The smallest absolute Gasteiger partial charge is 0.199 e. The van der Waals surface area contributed by atoms with E-state index in [1.807, 2.05) is 0 Å². The Morgan fingerprint density at radius 3 is 2.22 bits per heavy atom. The van der Waals surface area contributed by atoms with Gasteiger partial charge >= 0.3 is 0 Å². The van der Waals surface area contributed by atoms with E-state index < -0.39 is 0 Å². The first-order valence-electron chi connectivity index (χ1n) is 7.94. The molecule has 3 nitrogen and oxygen atoms in total. The third kappa shape index (κ3) is 2.63. The number of H-pyrrole nitrogens is 1. The summed E-state index contributed by atoms with van der Waals surface area (Å²) in [6.07, 6.45) is 1.13. The lowest BCUT2D eigenvalue weighted by atomic mass is 10.1. The molecule has 0 bridgehead atoms. The van der Waals surface area contributed by atoms with Crippen LogP contribution in [-0.2, 0) is 0 Å². The summed E-state index contributed by atoms with van der Waals surface area (Å²) in [5.74, 6) is 2.03. The van der Waals surface area contributed by atoms with Gasteiger partial charge in [-0.2, -0.15) is 5.10 Å². The Bertz CT molecular complexity index is 888. The maximum absolute atomic E-state index is 5.45. The number of rotatable bonds is 3. The van der Waals surface area contributed by atoms with E-state index in [1.54, 1.807) is 0 Å². The summed E-state index contributed by atoms with van der Waals surface area (Å²) in [6, 6.07) is 17.3. The average molecular weight is 321 g/mol. The molecule has 1 heterocycles. The van der Waals surface area contributed by atoms with Crippen molar-refractivity contribution in [2.75, 3.05) is 0 Å². The van der Waals surface area contributed by atoms with E-state index in [1.165, 1.54) is 16.7 Å². The summed E-state index contributed by atoms with van der Waals surface area (Å²) in [5.41, 5.74) is 5.02. The molecule has 4 heteroatoms. The van der Waals surface area contributed by atoms with Crippen molar-refractivity contribution in [2.45, 2.75) is 32.1 Å². The monoisotopic (exact) mass is 321 g/mol. The number of aromatic amines is 1. The van der Waals surface area contributed by atoms with Crippen LogP contribution in [0.5, 0.6) is 0 Å². The maximum atomic E-state index is 5.45. The minimum Gasteiger partial charge on any atom is -0.272 e. The van der Waals surface area contributed by atoms with E-state index in [4.69, 9.17) is 12.2 Å². The van der Waals surface area contributed by atoms with Crippen molar-refractivity contribution < 1.29 is 0 Å².